The van der Waals surface area contributed by atoms with Gasteiger partial charge >= 0.3 is 0 Å². The molecule has 6 nitrogen and oxygen atoms in total. The van der Waals surface area contributed by atoms with Crippen LogP contribution in [0.5, 0.6) is 11.5 Å². The first-order valence-corrected chi connectivity index (χ1v) is 11.7. The number of benzene rings is 3. The van der Waals surface area contributed by atoms with E-state index in [4.69, 9.17) is 26.1 Å². The number of halogens is 1. The van der Waals surface area contributed by atoms with Crippen LogP contribution in [0.15, 0.2) is 66.7 Å². The van der Waals surface area contributed by atoms with E-state index in [1.54, 1.807) is 30.2 Å². The summed E-state index contributed by atoms with van der Waals surface area (Å²) in [4.78, 5) is 19.7. The summed E-state index contributed by atoms with van der Waals surface area (Å²) in [6.07, 6.45) is 0.371. The fraction of sp³-hybridized carbons (Fsp3) is 0.259. The molecule has 7 heteroatoms. The summed E-state index contributed by atoms with van der Waals surface area (Å²) in [6.45, 7) is 3.70. The third-order valence-corrected chi connectivity index (χ3v) is 6.54. The lowest BCUT2D eigenvalue weighted by atomic mass is 10.1. The highest BCUT2D eigenvalue weighted by Crippen LogP contribution is 2.37. The zero-order valence-corrected chi connectivity index (χ0v) is 20.0. The minimum atomic E-state index is -0.0541. The van der Waals surface area contributed by atoms with Crippen molar-refractivity contribution in [2.75, 3.05) is 25.2 Å². The van der Waals surface area contributed by atoms with Crippen LogP contribution >= 0.6 is 11.6 Å². The van der Waals surface area contributed by atoms with Crippen molar-refractivity contribution in [1.29, 1.82) is 0 Å². The van der Waals surface area contributed by atoms with E-state index in [9.17, 15) is 4.79 Å². The van der Waals surface area contributed by atoms with E-state index in [0.29, 0.717) is 42.6 Å². The van der Waals surface area contributed by atoms with E-state index in [0.717, 1.165) is 22.6 Å². The minimum Gasteiger partial charge on any atom is -0.497 e. The molecule has 0 spiro atoms. The number of carbonyl (C=O) groups is 1. The maximum Gasteiger partial charge on any atom is 0.227 e. The van der Waals surface area contributed by atoms with Crippen molar-refractivity contribution in [2.24, 2.45) is 0 Å². The second-order valence-corrected chi connectivity index (χ2v) is 8.90. The minimum absolute atomic E-state index is 0.0228. The molecule has 1 aromatic heterocycles. The maximum absolute atomic E-state index is 13.0. The highest BCUT2D eigenvalue weighted by atomic mass is 35.5. The molecule has 0 radical (unpaired) electrons. The van der Waals surface area contributed by atoms with Crippen molar-refractivity contribution >= 4 is 34.2 Å². The largest absolute Gasteiger partial charge is 0.497 e. The van der Waals surface area contributed by atoms with Gasteiger partial charge in [0.15, 0.2) is 0 Å². The second-order valence-electron chi connectivity index (χ2n) is 8.49. The summed E-state index contributed by atoms with van der Waals surface area (Å²) in [5.74, 6) is 2.36. The predicted octanol–water partition coefficient (Wildman–Crippen LogP) is 5.61. The van der Waals surface area contributed by atoms with Crippen LogP contribution in [0.25, 0.3) is 11.0 Å². The van der Waals surface area contributed by atoms with E-state index >= 15 is 0 Å². The molecule has 2 heterocycles. The third kappa shape index (κ3) is 4.33. The quantitative estimate of drug-likeness (QED) is 0.349. The lowest BCUT2D eigenvalue weighted by Gasteiger charge is -2.19. The SMILES string of the molecule is COc1ccc(Cl)c(N2CC(c3nc4ccccc4n3CCOc3ccc(C)cc3)CC2=O)c1. The van der Waals surface area contributed by atoms with Gasteiger partial charge in [0.05, 0.1) is 35.4 Å². The molecule has 1 atom stereocenters. The molecule has 1 unspecified atom stereocenters. The van der Waals surface area contributed by atoms with Crippen molar-refractivity contribution in [3.8, 4) is 11.5 Å². The Hall–Kier alpha value is -3.51. The Bertz CT molecular complexity index is 1330. The summed E-state index contributed by atoms with van der Waals surface area (Å²) < 4.78 is 13.5. The molecule has 1 fully saturated rings. The molecular formula is C27H26ClN3O3. The highest BCUT2D eigenvalue weighted by molar-refractivity contribution is 6.34. The molecule has 34 heavy (non-hydrogen) atoms. The number of hydrogen-bond donors (Lipinski definition) is 0. The van der Waals surface area contributed by atoms with Crippen LogP contribution in [-0.4, -0.2) is 35.7 Å². The molecular weight excluding hydrogens is 450 g/mol. The zero-order valence-electron chi connectivity index (χ0n) is 19.2. The van der Waals surface area contributed by atoms with E-state index in [2.05, 4.69) is 17.6 Å². The zero-order chi connectivity index (χ0) is 23.7. The number of ether oxygens (including phenoxy) is 2. The number of carbonyl (C=O) groups excluding carboxylic acids is 1. The van der Waals surface area contributed by atoms with Crippen LogP contribution in [-0.2, 0) is 11.3 Å². The number of methoxy groups -OCH3 is 1. The number of aryl methyl sites for hydroxylation is 1. The Morgan fingerprint density at radius 3 is 2.62 bits per heavy atom. The number of anilines is 1. The van der Waals surface area contributed by atoms with Gasteiger partial charge in [-0.25, -0.2) is 4.98 Å². The molecule has 5 rings (SSSR count). The van der Waals surface area contributed by atoms with E-state index in [1.807, 2.05) is 42.5 Å². The van der Waals surface area contributed by atoms with E-state index in [1.165, 1.54) is 5.56 Å². The van der Waals surface area contributed by atoms with Crippen molar-refractivity contribution < 1.29 is 14.3 Å². The fourth-order valence-corrected chi connectivity index (χ4v) is 4.69. The standard InChI is InChI=1S/C27H26ClN3O3/c1-18-7-9-20(10-8-18)34-14-13-30-24-6-4-3-5-23(24)29-27(30)19-15-26(32)31(17-19)25-16-21(33-2)11-12-22(25)28/h3-12,16,19H,13-15,17H2,1-2H3. The number of hydrogen-bond acceptors (Lipinski definition) is 4. The van der Waals surface area contributed by atoms with Gasteiger partial charge in [0.2, 0.25) is 5.91 Å². The third-order valence-electron chi connectivity index (χ3n) is 6.22. The topological polar surface area (TPSA) is 56.6 Å². The van der Waals surface area contributed by atoms with E-state index < -0.39 is 0 Å². The van der Waals surface area contributed by atoms with Crippen LogP contribution in [0.3, 0.4) is 0 Å². The first kappa shape index (κ1) is 22.3. The number of aromatic nitrogens is 2. The van der Waals surface area contributed by atoms with Gasteiger partial charge in [-0.15, -0.1) is 0 Å². The van der Waals surface area contributed by atoms with Gasteiger partial charge in [0.1, 0.15) is 23.9 Å². The number of nitrogens with zero attached hydrogens (tertiary/aromatic N) is 3. The van der Waals surface area contributed by atoms with Crippen LogP contribution in [0, 0.1) is 6.92 Å². The highest BCUT2D eigenvalue weighted by Gasteiger charge is 2.35. The Labute approximate surface area is 203 Å². The van der Waals surface area contributed by atoms with Gasteiger partial charge in [-0.1, -0.05) is 41.4 Å². The molecule has 3 aromatic carbocycles. The normalized spacial score (nSPS) is 15.8. The molecule has 1 aliphatic heterocycles. The summed E-state index contributed by atoms with van der Waals surface area (Å²) in [5.41, 5.74) is 3.81. The predicted molar refractivity (Wildman–Crippen MR) is 134 cm³/mol. The molecule has 0 N–H and O–H groups in total. The average Bonchev–Trinajstić information content (AvgIpc) is 3.41. The van der Waals surface area contributed by atoms with Crippen molar-refractivity contribution in [3.63, 3.8) is 0 Å². The number of para-hydroxylation sites is 2. The molecule has 1 saturated heterocycles. The lowest BCUT2D eigenvalue weighted by Crippen LogP contribution is -2.25. The second kappa shape index (κ2) is 9.39. The monoisotopic (exact) mass is 475 g/mol. The van der Waals surface area contributed by atoms with Gasteiger partial charge in [0, 0.05) is 24.9 Å². The smallest absolute Gasteiger partial charge is 0.227 e. The number of amides is 1. The van der Waals surface area contributed by atoms with Crippen LogP contribution in [0.2, 0.25) is 5.02 Å². The first-order chi connectivity index (χ1) is 16.5. The van der Waals surface area contributed by atoms with Gasteiger partial charge in [-0.05, 0) is 43.3 Å². The van der Waals surface area contributed by atoms with Crippen LogP contribution < -0.4 is 14.4 Å². The van der Waals surface area contributed by atoms with E-state index in [-0.39, 0.29) is 11.8 Å². The number of fused-ring (bicyclic) bond motifs is 1. The fourth-order valence-electron chi connectivity index (χ4n) is 4.47. The number of rotatable bonds is 7. The van der Waals surface area contributed by atoms with Gasteiger partial charge in [-0.2, -0.15) is 0 Å². The molecule has 0 bridgehead atoms. The molecule has 174 valence electrons. The van der Waals surface area contributed by atoms with Crippen LogP contribution in [0.4, 0.5) is 5.69 Å². The van der Waals surface area contributed by atoms with Gasteiger partial charge < -0.3 is 18.9 Å². The Balaban J connectivity index is 1.41. The van der Waals surface area contributed by atoms with Crippen molar-refractivity contribution in [1.82, 2.24) is 9.55 Å². The summed E-state index contributed by atoms with van der Waals surface area (Å²) in [5, 5.41) is 0.523. The van der Waals surface area contributed by atoms with Crippen molar-refractivity contribution in [2.45, 2.75) is 25.8 Å². The molecule has 1 aliphatic rings. The summed E-state index contributed by atoms with van der Waals surface area (Å²) in [6, 6.07) is 21.4. The molecule has 1 amide bonds. The Morgan fingerprint density at radius 1 is 1.06 bits per heavy atom. The Kier molecular flexibility index (Phi) is 6.16. The molecule has 0 aliphatic carbocycles. The van der Waals surface area contributed by atoms with Crippen molar-refractivity contribution in [3.05, 3.63) is 83.1 Å². The maximum atomic E-state index is 13.0. The van der Waals surface area contributed by atoms with Gasteiger partial charge in [-0.3, -0.25) is 4.79 Å². The Morgan fingerprint density at radius 2 is 1.82 bits per heavy atom. The number of imidazole rings is 1. The van der Waals surface area contributed by atoms with Crippen LogP contribution in [0.1, 0.15) is 23.7 Å². The molecule has 0 saturated carbocycles. The summed E-state index contributed by atoms with van der Waals surface area (Å²) >= 11 is 6.44. The average molecular weight is 476 g/mol. The lowest BCUT2D eigenvalue weighted by molar-refractivity contribution is -0.117. The summed E-state index contributed by atoms with van der Waals surface area (Å²) in [7, 11) is 1.60. The van der Waals surface area contributed by atoms with Gasteiger partial charge in [0.25, 0.3) is 0 Å². The first-order valence-electron chi connectivity index (χ1n) is 11.3. The molecule has 4 aromatic rings.